The fraction of sp³-hybridized carbons (Fsp3) is 0.636. The topological polar surface area (TPSA) is 30.0 Å². The molecule has 1 aromatic heterocycles. The number of hydrogen-bond donors (Lipinski definition) is 0. The minimum atomic E-state index is 0.468. The third-order valence-electron chi connectivity index (χ3n) is 1.97. The number of rotatable bonds is 4. The number of hydrogen-bond acceptors (Lipinski definition) is 3. The fourth-order valence-corrected chi connectivity index (χ4v) is 2.33. The Morgan fingerprint density at radius 1 is 1.36 bits per heavy atom. The molecular weight excluding hydrogens is 194 g/mol. The average molecular weight is 211 g/mol. The van der Waals surface area contributed by atoms with Crippen molar-refractivity contribution in [3.63, 3.8) is 0 Å². The Balaban J connectivity index is 2.99. The van der Waals surface area contributed by atoms with Gasteiger partial charge in [0.05, 0.1) is 5.69 Å². The first-order chi connectivity index (χ1) is 6.54. The predicted octanol–water partition coefficient (Wildman–Crippen LogP) is 3.28. The molecule has 1 heterocycles. The van der Waals surface area contributed by atoms with E-state index in [1.165, 1.54) is 16.2 Å². The van der Waals surface area contributed by atoms with Gasteiger partial charge in [0.1, 0.15) is 0 Å². The molecule has 0 aliphatic heterocycles. The number of thiazole rings is 1. The molecule has 0 saturated heterocycles. The van der Waals surface area contributed by atoms with Gasteiger partial charge in [-0.25, -0.2) is 4.98 Å². The highest BCUT2D eigenvalue weighted by Gasteiger charge is 2.14. The molecule has 0 bridgehead atoms. The molecule has 0 aromatic carbocycles. The zero-order chi connectivity index (χ0) is 10.7. The van der Waals surface area contributed by atoms with Gasteiger partial charge >= 0.3 is 0 Å². The Morgan fingerprint density at radius 2 is 2.00 bits per heavy atom. The van der Waals surface area contributed by atoms with E-state index in [0.29, 0.717) is 16.8 Å². The first kappa shape index (κ1) is 11.4. The van der Waals surface area contributed by atoms with E-state index in [9.17, 15) is 4.79 Å². The van der Waals surface area contributed by atoms with Crippen LogP contribution in [-0.2, 0) is 6.42 Å². The summed E-state index contributed by atoms with van der Waals surface area (Å²) in [7, 11) is 0. The van der Waals surface area contributed by atoms with Crippen LogP contribution in [0, 0.1) is 5.92 Å². The van der Waals surface area contributed by atoms with Crippen molar-refractivity contribution in [3.05, 3.63) is 15.6 Å². The molecule has 1 rings (SSSR count). The van der Waals surface area contributed by atoms with E-state index in [1.807, 2.05) is 0 Å². The van der Waals surface area contributed by atoms with Crippen LogP contribution >= 0.6 is 11.3 Å². The largest absolute Gasteiger partial charge is 0.295 e. The molecule has 0 atom stereocenters. The normalized spacial score (nSPS) is 11.3. The molecule has 1 aromatic rings. The van der Waals surface area contributed by atoms with Crippen molar-refractivity contribution < 1.29 is 4.79 Å². The molecule has 0 amide bonds. The molecule has 0 aliphatic rings. The van der Waals surface area contributed by atoms with E-state index in [0.717, 1.165) is 18.4 Å². The van der Waals surface area contributed by atoms with Gasteiger partial charge in [-0.3, -0.25) is 4.79 Å². The van der Waals surface area contributed by atoms with Crippen LogP contribution in [0.5, 0.6) is 0 Å². The fourth-order valence-electron chi connectivity index (χ4n) is 1.42. The molecule has 0 spiro atoms. The number of carbonyl (C=O) groups is 1. The minimum absolute atomic E-state index is 0.468. The molecule has 3 heteroatoms. The Labute approximate surface area is 89.4 Å². The molecule has 0 N–H and O–H groups in total. The smallest absolute Gasteiger partial charge is 0.178 e. The Morgan fingerprint density at radius 3 is 2.43 bits per heavy atom. The summed E-state index contributed by atoms with van der Waals surface area (Å²) in [6.07, 6.45) is 1.82. The van der Waals surface area contributed by atoms with Crippen LogP contribution in [0.15, 0.2) is 0 Å². The summed E-state index contributed by atoms with van der Waals surface area (Å²) >= 11 is 1.53. The van der Waals surface area contributed by atoms with Crippen LogP contribution in [-0.4, -0.2) is 11.3 Å². The zero-order valence-corrected chi connectivity index (χ0v) is 10.0. The first-order valence-electron chi connectivity index (χ1n) is 4.99. The van der Waals surface area contributed by atoms with Crippen molar-refractivity contribution in [1.29, 1.82) is 0 Å². The highest BCUT2D eigenvalue weighted by atomic mass is 32.1. The van der Waals surface area contributed by atoms with Crippen LogP contribution in [0.2, 0.25) is 0 Å². The Hall–Kier alpha value is -0.700. The van der Waals surface area contributed by atoms with Gasteiger partial charge in [0.2, 0.25) is 0 Å². The maximum Gasteiger partial charge on any atom is 0.178 e. The second-order valence-electron chi connectivity index (χ2n) is 4.23. The van der Waals surface area contributed by atoms with E-state index in [-0.39, 0.29) is 0 Å². The van der Waals surface area contributed by atoms with Gasteiger partial charge in [-0.05, 0) is 18.3 Å². The van der Waals surface area contributed by atoms with Gasteiger partial charge in [-0.1, -0.05) is 27.7 Å². The molecule has 14 heavy (non-hydrogen) atoms. The molecule has 0 unspecified atom stereocenters. The lowest BCUT2D eigenvalue weighted by atomic mass is 10.0. The summed E-state index contributed by atoms with van der Waals surface area (Å²) in [6.45, 7) is 8.63. The SMILES string of the molecule is CC(C)Cc1nc(C=O)sc1C(C)C. The van der Waals surface area contributed by atoms with Crippen molar-refractivity contribution in [3.8, 4) is 0 Å². The van der Waals surface area contributed by atoms with E-state index in [4.69, 9.17) is 0 Å². The van der Waals surface area contributed by atoms with Crippen molar-refractivity contribution >= 4 is 17.6 Å². The summed E-state index contributed by atoms with van der Waals surface area (Å²) in [5, 5.41) is 0.615. The first-order valence-corrected chi connectivity index (χ1v) is 5.81. The van der Waals surface area contributed by atoms with Gasteiger partial charge in [0.25, 0.3) is 0 Å². The zero-order valence-electron chi connectivity index (χ0n) is 9.20. The van der Waals surface area contributed by atoms with Gasteiger partial charge in [-0.15, -0.1) is 11.3 Å². The predicted molar refractivity (Wildman–Crippen MR) is 60.1 cm³/mol. The van der Waals surface area contributed by atoms with E-state index in [1.54, 1.807) is 0 Å². The van der Waals surface area contributed by atoms with Crippen LogP contribution < -0.4 is 0 Å². The van der Waals surface area contributed by atoms with Gasteiger partial charge in [-0.2, -0.15) is 0 Å². The monoisotopic (exact) mass is 211 g/mol. The van der Waals surface area contributed by atoms with E-state index >= 15 is 0 Å². The molecular formula is C11H17NOS. The van der Waals surface area contributed by atoms with Gasteiger partial charge in [0.15, 0.2) is 11.3 Å². The van der Waals surface area contributed by atoms with Gasteiger partial charge < -0.3 is 0 Å². The molecule has 0 fully saturated rings. The number of carbonyl (C=O) groups excluding carboxylic acids is 1. The maximum atomic E-state index is 10.6. The lowest BCUT2D eigenvalue weighted by Crippen LogP contribution is -1.99. The molecule has 2 nitrogen and oxygen atoms in total. The standard InChI is InChI=1S/C11H17NOS/c1-7(2)5-9-11(8(3)4)14-10(6-13)12-9/h6-8H,5H2,1-4H3. The summed E-state index contributed by atoms with van der Waals surface area (Å²) in [5.41, 5.74) is 1.11. The number of nitrogens with zero attached hydrogens (tertiary/aromatic N) is 1. The maximum absolute atomic E-state index is 10.6. The lowest BCUT2D eigenvalue weighted by molar-refractivity contribution is 0.112. The highest BCUT2D eigenvalue weighted by molar-refractivity contribution is 7.13. The lowest BCUT2D eigenvalue weighted by Gasteiger charge is -2.06. The summed E-state index contributed by atoms with van der Waals surface area (Å²) in [4.78, 5) is 16.2. The molecule has 0 radical (unpaired) electrons. The van der Waals surface area contributed by atoms with E-state index < -0.39 is 0 Å². The van der Waals surface area contributed by atoms with Crippen LogP contribution in [0.3, 0.4) is 0 Å². The van der Waals surface area contributed by atoms with Crippen molar-refractivity contribution in [1.82, 2.24) is 4.98 Å². The summed E-state index contributed by atoms with van der Waals surface area (Å²) in [6, 6.07) is 0. The Kier molecular flexibility index (Phi) is 3.81. The number of aldehydes is 1. The summed E-state index contributed by atoms with van der Waals surface area (Å²) in [5.74, 6) is 1.06. The third-order valence-corrected chi connectivity index (χ3v) is 3.29. The minimum Gasteiger partial charge on any atom is -0.295 e. The summed E-state index contributed by atoms with van der Waals surface area (Å²) < 4.78 is 0. The number of aromatic nitrogens is 1. The van der Waals surface area contributed by atoms with Gasteiger partial charge in [0, 0.05) is 4.88 Å². The second-order valence-corrected chi connectivity index (χ2v) is 5.30. The Bertz CT molecular complexity index is 315. The quantitative estimate of drug-likeness (QED) is 0.715. The van der Waals surface area contributed by atoms with Crippen molar-refractivity contribution in [2.75, 3.05) is 0 Å². The van der Waals surface area contributed by atoms with E-state index in [2.05, 4.69) is 32.7 Å². The second kappa shape index (κ2) is 4.69. The molecule has 0 saturated carbocycles. The third kappa shape index (κ3) is 2.64. The van der Waals surface area contributed by atoms with Crippen LogP contribution in [0.4, 0.5) is 0 Å². The van der Waals surface area contributed by atoms with Crippen LogP contribution in [0.25, 0.3) is 0 Å². The highest BCUT2D eigenvalue weighted by Crippen LogP contribution is 2.27. The van der Waals surface area contributed by atoms with Crippen molar-refractivity contribution in [2.45, 2.75) is 40.0 Å². The average Bonchev–Trinajstić information content (AvgIpc) is 2.46. The molecule has 78 valence electrons. The van der Waals surface area contributed by atoms with Crippen LogP contribution in [0.1, 0.15) is 54.0 Å². The van der Waals surface area contributed by atoms with Crippen molar-refractivity contribution in [2.24, 2.45) is 5.92 Å². The molecule has 0 aliphatic carbocycles.